The molecule has 1 saturated heterocycles. The normalized spacial score (nSPS) is 17.4. The van der Waals surface area contributed by atoms with E-state index in [0.29, 0.717) is 12.6 Å². The topological polar surface area (TPSA) is 59.5 Å². The third kappa shape index (κ3) is 4.60. The van der Waals surface area contributed by atoms with E-state index in [0.717, 1.165) is 49.9 Å². The number of anilines is 1. The molecule has 0 saturated carbocycles. The van der Waals surface area contributed by atoms with E-state index in [4.69, 9.17) is 9.47 Å². The Morgan fingerprint density at radius 1 is 1.24 bits per heavy atom. The van der Waals surface area contributed by atoms with Crippen molar-refractivity contribution < 1.29 is 9.47 Å². The first-order valence-corrected chi connectivity index (χ1v) is 8.85. The molecule has 1 atom stereocenters. The highest BCUT2D eigenvalue weighted by Crippen LogP contribution is 2.28. The average Bonchev–Trinajstić information content (AvgIpc) is 2.68. The van der Waals surface area contributed by atoms with Gasteiger partial charge in [0.1, 0.15) is 0 Å². The Labute approximate surface area is 149 Å². The second-order valence-electron chi connectivity index (χ2n) is 6.13. The third-order valence-electron chi connectivity index (χ3n) is 4.38. The molecule has 1 aromatic heterocycles. The fourth-order valence-corrected chi connectivity index (χ4v) is 3.14. The fraction of sp³-hybridized carbons (Fsp3) is 0.474. The zero-order valence-electron chi connectivity index (χ0n) is 14.9. The molecule has 25 heavy (non-hydrogen) atoms. The molecule has 2 aromatic rings. The number of hydrogen-bond donors (Lipinski definition) is 1. The van der Waals surface area contributed by atoms with Gasteiger partial charge in [-0.2, -0.15) is 0 Å². The molecular formula is C19H26N4O2. The van der Waals surface area contributed by atoms with Gasteiger partial charge >= 0.3 is 0 Å². The fourth-order valence-electron chi connectivity index (χ4n) is 3.14. The van der Waals surface area contributed by atoms with Crippen molar-refractivity contribution in [3.8, 4) is 11.5 Å². The van der Waals surface area contributed by atoms with Crippen molar-refractivity contribution in [3.05, 3.63) is 42.2 Å². The standard InChI is InChI=1S/C19H26N4O2/c1-3-25-17-8-7-15(12-18(17)24-2)13-22-16-6-4-11-23(14-16)19-20-9-5-10-21-19/h5,7-10,12,16,22H,3-4,6,11,13-14H2,1-2H3. The minimum absolute atomic E-state index is 0.426. The van der Waals surface area contributed by atoms with Gasteiger partial charge in [-0.25, -0.2) is 9.97 Å². The van der Waals surface area contributed by atoms with Crippen molar-refractivity contribution in [1.29, 1.82) is 0 Å². The molecule has 0 aliphatic carbocycles. The SMILES string of the molecule is CCOc1ccc(CNC2CCCN(c3ncccn3)C2)cc1OC. The van der Waals surface area contributed by atoms with Crippen LogP contribution in [0.5, 0.6) is 11.5 Å². The van der Waals surface area contributed by atoms with Crippen molar-refractivity contribution in [2.45, 2.75) is 32.4 Å². The molecule has 0 radical (unpaired) electrons. The van der Waals surface area contributed by atoms with Gasteiger partial charge in [-0.05, 0) is 43.5 Å². The first kappa shape index (κ1) is 17.5. The first-order chi connectivity index (χ1) is 12.3. The lowest BCUT2D eigenvalue weighted by atomic mass is 10.1. The Morgan fingerprint density at radius 2 is 2.08 bits per heavy atom. The van der Waals surface area contributed by atoms with Crippen molar-refractivity contribution in [1.82, 2.24) is 15.3 Å². The van der Waals surface area contributed by atoms with Crippen LogP contribution in [0.3, 0.4) is 0 Å². The van der Waals surface area contributed by atoms with Crippen molar-refractivity contribution in [3.63, 3.8) is 0 Å². The summed E-state index contributed by atoms with van der Waals surface area (Å²) in [5, 5.41) is 3.65. The second kappa shape index (κ2) is 8.67. The van der Waals surface area contributed by atoms with Crippen molar-refractivity contribution in [2.24, 2.45) is 0 Å². The molecule has 3 rings (SSSR count). The van der Waals surface area contributed by atoms with Crippen molar-refractivity contribution >= 4 is 5.95 Å². The van der Waals surface area contributed by atoms with Crippen molar-refractivity contribution in [2.75, 3.05) is 31.7 Å². The van der Waals surface area contributed by atoms with E-state index in [2.05, 4.69) is 26.3 Å². The molecule has 2 heterocycles. The summed E-state index contributed by atoms with van der Waals surface area (Å²) in [6, 6.07) is 8.38. The molecule has 0 spiro atoms. The first-order valence-electron chi connectivity index (χ1n) is 8.85. The lowest BCUT2D eigenvalue weighted by molar-refractivity contribution is 0.310. The maximum Gasteiger partial charge on any atom is 0.225 e. The molecule has 1 aromatic carbocycles. The minimum Gasteiger partial charge on any atom is -0.493 e. The van der Waals surface area contributed by atoms with Crippen LogP contribution in [0.2, 0.25) is 0 Å². The van der Waals surface area contributed by atoms with Gasteiger partial charge < -0.3 is 19.7 Å². The van der Waals surface area contributed by atoms with E-state index >= 15 is 0 Å². The Morgan fingerprint density at radius 3 is 2.84 bits per heavy atom. The van der Waals surface area contributed by atoms with Crippen LogP contribution in [-0.2, 0) is 6.54 Å². The molecule has 134 valence electrons. The summed E-state index contributed by atoms with van der Waals surface area (Å²) in [6.07, 6.45) is 5.90. The molecule has 6 heteroatoms. The number of benzene rings is 1. The smallest absolute Gasteiger partial charge is 0.225 e. The van der Waals surface area contributed by atoms with Crippen LogP contribution in [0.1, 0.15) is 25.3 Å². The third-order valence-corrected chi connectivity index (χ3v) is 4.38. The molecule has 1 unspecified atom stereocenters. The predicted molar refractivity (Wildman–Crippen MR) is 98.3 cm³/mol. The quantitative estimate of drug-likeness (QED) is 0.835. The molecule has 6 nitrogen and oxygen atoms in total. The maximum atomic E-state index is 5.57. The predicted octanol–water partition coefficient (Wildman–Crippen LogP) is 2.64. The summed E-state index contributed by atoms with van der Waals surface area (Å²) >= 11 is 0. The molecule has 1 fully saturated rings. The zero-order chi connectivity index (χ0) is 17.5. The minimum atomic E-state index is 0.426. The molecule has 1 aliphatic rings. The Kier molecular flexibility index (Phi) is 6.06. The number of nitrogens with zero attached hydrogens (tertiary/aromatic N) is 3. The number of piperidine rings is 1. The van der Waals surface area contributed by atoms with Gasteiger partial charge in [0, 0.05) is 38.1 Å². The maximum absolute atomic E-state index is 5.57. The Hall–Kier alpha value is -2.34. The summed E-state index contributed by atoms with van der Waals surface area (Å²) in [5.74, 6) is 2.39. The molecule has 0 bridgehead atoms. The van der Waals surface area contributed by atoms with E-state index in [1.54, 1.807) is 19.5 Å². The highest BCUT2D eigenvalue weighted by atomic mass is 16.5. The largest absolute Gasteiger partial charge is 0.493 e. The number of hydrogen-bond acceptors (Lipinski definition) is 6. The molecule has 1 N–H and O–H groups in total. The van der Waals surface area contributed by atoms with Gasteiger partial charge in [0.15, 0.2) is 11.5 Å². The summed E-state index contributed by atoms with van der Waals surface area (Å²) in [4.78, 5) is 11.0. The zero-order valence-corrected chi connectivity index (χ0v) is 14.9. The summed E-state index contributed by atoms with van der Waals surface area (Å²) in [7, 11) is 1.67. The summed E-state index contributed by atoms with van der Waals surface area (Å²) < 4.78 is 11.0. The molecule has 0 amide bonds. The van der Waals surface area contributed by atoms with Gasteiger partial charge in [0.05, 0.1) is 13.7 Å². The van der Waals surface area contributed by atoms with E-state index in [1.807, 2.05) is 25.1 Å². The van der Waals surface area contributed by atoms with Crippen LogP contribution in [0.15, 0.2) is 36.7 Å². The monoisotopic (exact) mass is 342 g/mol. The number of ether oxygens (including phenoxy) is 2. The number of rotatable bonds is 7. The van der Waals surface area contributed by atoms with Gasteiger partial charge in [0.25, 0.3) is 0 Å². The van der Waals surface area contributed by atoms with Gasteiger partial charge in [0.2, 0.25) is 5.95 Å². The lowest BCUT2D eigenvalue weighted by Crippen LogP contribution is -2.46. The average molecular weight is 342 g/mol. The lowest BCUT2D eigenvalue weighted by Gasteiger charge is -2.33. The molecular weight excluding hydrogens is 316 g/mol. The van der Waals surface area contributed by atoms with Crippen LogP contribution in [0.25, 0.3) is 0 Å². The Bertz CT molecular complexity index is 666. The van der Waals surface area contributed by atoms with Crippen LogP contribution in [0.4, 0.5) is 5.95 Å². The molecule has 1 aliphatic heterocycles. The van der Waals surface area contributed by atoms with Crippen LogP contribution >= 0.6 is 0 Å². The van der Waals surface area contributed by atoms with Gasteiger partial charge in [-0.15, -0.1) is 0 Å². The van der Waals surface area contributed by atoms with E-state index in [-0.39, 0.29) is 0 Å². The van der Waals surface area contributed by atoms with E-state index in [9.17, 15) is 0 Å². The number of aromatic nitrogens is 2. The van der Waals surface area contributed by atoms with Crippen LogP contribution < -0.4 is 19.7 Å². The second-order valence-corrected chi connectivity index (χ2v) is 6.13. The van der Waals surface area contributed by atoms with Gasteiger partial charge in [-0.3, -0.25) is 0 Å². The Balaban J connectivity index is 1.58. The highest BCUT2D eigenvalue weighted by molar-refractivity contribution is 5.43. The van der Waals surface area contributed by atoms with E-state index in [1.165, 1.54) is 5.56 Å². The number of nitrogens with one attached hydrogen (secondary N) is 1. The summed E-state index contributed by atoms with van der Waals surface area (Å²) in [6.45, 7) is 5.35. The number of methoxy groups -OCH3 is 1. The van der Waals surface area contributed by atoms with Gasteiger partial charge in [-0.1, -0.05) is 6.07 Å². The van der Waals surface area contributed by atoms with E-state index < -0.39 is 0 Å². The highest BCUT2D eigenvalue weighted by Gasteiger charge is 2.21. The summed E-state index contributed by atoms with van der Waals surface area (Å²) in [5.41, 5.74) is 1.19. The van der Waals surface area contributed by atoms with Crippen LogP contribution in [-0.4, -0.2) is 42.8 Å². The van der Waals surface area contributed by atoms with Crippen LogP contribution in [0, 0.1) is 0 Å².